The lowest BCUT2D eigenvalue weighted by Crippen LogP contribution is -2.67. The second-order valence-electron chi connectivity index (χ2n) is 11.2. The molecule has 2 rings (SSSR count). The number of benzene rings is 2. The minimum Gasteiger partial charge on any atom is -0.454 e. The van der Waals surface area contributed by atoms with Crippen LogP contribution in [0, 0.1) is 0 Å². The van der Waals surface area contributed by atoms with Crippen LogP contribution in [0.4, 0.5) is 0 Å². The van der Waals surface area contributed by atoms with Gasteiger partial charge in [0.15, 0.2) is 12.4 Å². The van der Waals surface area contributed by atoms with Gasteiger partial charge in [0.25, 0.3) is 8.32 Å². The van der Waals surface area contributed by atoms with Crippen molar-refractivity contribution in [1.82, 2.24) is 0 Å². The lowest BCUT2D eigenvalue weighted by atomic mass is 10.2. The first kappa shape index (κ1) is 35.6. The summed E-state index contributed by atoms with van der Waals surface area (Å²) in [5.74, 6) is -0.333. The summed E-state index contributed by atoms with van der Waals surface area (Å²) >= 11 is 2.26. The number of carbonyl (C=O) groups is 2. The number of hydrogen-bond donors (Lipinski definition) is 0. The summed E-state index contributed by atoms with van der Waals surface area (Å²) in [5.41, 5.74) is 0. The Labute approximate surface area is 268 Å². The molecule has 0 spiro atoms. The zero-order chi connectivity index (χ0) is 30.7. The third-order valence-electron chi connectivity index (χ3n) is 6.96. The number of carbonyl (C=O) groups excluding carboxylic acids is 2. The van der Waals surface area contributed by atoms with E-state index >= 15 is 0 Å². The molecular weight excluding hydrogens is 651 g/mol. The number of hydrogen-bond acceptors (Lipinski definition) is 4. The smallest absolute Gasteiger partial charge is 0.306 e. The third-order valence-corrected chi connectivity index (χ3v) is 12.4. The van der Waals surface area contributed by atoms with Crippen molar-refractivity contribution in [2.75, 3.05) is 0 Å². The van der Waals surface area contributed by atoms with Crippen molar-refractivity contribution in [2.24, 2.45) is 0 Å². The molecule has 226 valence electrons. The molecule has 0 amide bonds. The molecule has 0 unspecified atom stereocenters. The van der Waals surface area contributed by atoms with E-state index in [0.29, 0.717) is 19.1 Å². The average Bonchev–Trinajstić information content (AvgIpc) is 2.98. The highest BCUT2D eigenvalue weighted by atomic mass is 127. The van der Waals surface area contributed by atoms with Crippen LogP contribution in [0.5, 0.6) is 0 Å². The van der Waals surface area contributed by atoms with Gasteiger partial charge in [-0.15, -0.1) is 0 Å². The Balaban J connectivity index is 1.99. The summed E-state index contributed by atoms with van der Waals surface area (Å²) in [6.45, 7) is 8.95. The van der Waals surface area contributed by atoms with Gasteiger partial charge < -0.3 is 9.16 Å². The molecule has 0 saturated carbocycles. The van der Waals surface area contributed by atoms with Crippen molar-refractivity contribution in [3.8, 4) is 0 Å². The summed E-state index contributed by atoms with van der Waals surface area (Å²) in [7, 11) is -2.66. The SMILES string of the molecule is CC/C=C\C/C=C\C[C@H](C=O)OC(=O)CCC/C=C\C[C@H](/C=C/I)O[Si](c1ccccc1)(c1ccccc1)C(C)(C)C. The van der Waals surface area contributed by atoms with Gasteiger partial charge in [-0.05, 0) is 51.6 Å². The first-order valence-corrected chi connectivity index (χ1v) is 18.1. The van der Waals surface area contributed by atoms with Crippen LogP contribution in [0.25, 0.3) is 0 Å². The topological polar surface area (TPSA) is 52.6 Å². The summed E-state index contributed by atoms with van der Waals surface area (Å²) in [5, 5.41) is 2.42. The summed E-state index contributed by atoms with van der Waals surface area (Å²) in [4.78, 5) is 23.6. The Morgan fingerprint density at radius 1 is 0.857 bits per heavy atom. The lowest BCUT2D eigenvalue weighted by Gasteiger charge is -2.44. The largest absolute Gasteiger partial charge is 0.454 e. The fourth-order valence-electron chi connectivity index (χ4n) is 4.91. The van der Waals surface area contributed by atoms with E-state index in [1.807, 2.05) is 16.2 Å². The van der Waals surface area contributed by atoms with Crippen molar-refractivity contribution in [3.63, 3.8) is 0 Å². The third kappa shape index (κ3) is 11.6. The van der Waals surface area contributed by atoms with Gasteiger partial charge in [-0.2, -0.15) is 0 Å². The minimum absolute atomic E-state index is 0.0895. The summed E-state index contributed by atoms with van der Waals surface area (Å²) in [6.07, 6.45) is 19.0. The molecule has 2 aromatic carbocycles. The van der Waals surface area contributed by atoms with Crippen LogP contribution >= 0.6 is 22.6 Å². The summed E-state index contributed by atoms with van der Waals surface area (Å²) < 4.78 is 14.6. The Bertz CT molecular complexity index is 1130. The Morgan fingerprint density at radius 3 is 1.98 bits per heavy atom. The monoisotopic (exact) mass is 698 g/mol. The van der Waals surface area contributed by atoms with Crippen molar-refractivity contribution in [1.29, 1.82) is 0 Å². The molecule has 0 aliphatic heterocycles. The standard InChI is InChI=1S/C36H47IO4Si/c1-5-6-7-8-9-15-22-32(30-38)40-35(39)27-20-11-10-14-21-31(28-29-37)41-42(36(2,3)4,33-23-16-12-17-24-33)34-25-18-13-19-26-34/h6-7,9-10,12-19,23-26,28-32H,5,8,11,20-22,27H2,1-4H3/b7-6-,14-10-,15-9-,29-28+/t31-,32-/m1/s1. The second-order valence-corrected chi connectivity index (χ2v) is 16.2. The molecule has 0 N–H and O–H groups in total. The first-order chi connectivity index (χ1) is 20.3. The molecule has 42 heavy (non-hydrogen) atoms. The van der Waals surface area contributed by atoms with Crippen molar-refractivity contribution < 1.29 is 18.8 Å². The van der Waals surface area contributed by atoms with Gasteiger partial charge in [0, 0.05) is 12.8 Å². The zero-order valence-corrected chi connectivity index (χ0v) is 28.7. The molecule has 0 radical (unpaired) electrons. The second kappa shape index (κ2) is 19.6. The first-order valence-electron chi connectivity index (χ1n) is 14.9. The van der Waals surface area contributed by atoms with Crippen LogP contribution < -0.4 is 10.4 Å². The molecule has 0 heterocycles. The van der Waals surface area contributed by atoms with Gasteiger partial charge in [0.1, 0.15) is 0 Å². The fraction of sp³-hybridized carbons (Fsp3) is 0.389. The molecule has 2 atom stereocenters. The highest BCUT2D eigenvalue weighted by molar-refractivity contribution is 14.1. The van der Waals surface area contributed by atoms with E-state index in [9.17, 15) is 9.59 Å². The Kier molecular flexibility index (Phi) is 16.6. The molecular formula is C36H47IO4Si. The highest BCUT2D eigenvalue weighted by Crippen LogP contribution is 2.38. The lowest BCUT2D eigenvalue weighted by molar-refractivity contribution is -0.151. The van der Waals surface area contributed by atoms with Gasteiger partial charge in [0.2, 0.25) is 0 Å². The van der Waals surface area contributed by atoms with Gasteiger partial charge in [-0.25, -0.2) is 0 Å². The van der Waals surface area contributed by atoms with E-state index in [4.69, 9.17) is 9.16 Å². The Morgan fingerprint density at radius 2 is 1.43 bits per heavy atom. The number of rotatable bonds is 18. The number of esters is 1. The molecule has 0 fully saturated rings. The average molecular weight is 699 g/mol. The predicted molar refractivity (Wildman–Crippen MR) is 187 cm³/mol. The van der Waals surface area contributed by atoms with E-state index in [-0.39, 0.29) is 23.5 Å². The van der Waals surface area contributed by atoms with Gasteiger partial charge in [0.05, 0.1) is 6.10 Å². The summed E-state index contributed by atoms with van der Waals surface area (Å²) in [6, 6.07) is 21.4. The van der Waals surface area contributed by atoms with Crippen LogP contribution in [0.1, 0.15) is 72.6 Å². The molecule has 0 aromatic heterocycles. The molecule has 0 aliphatic rings. The number of ether oxygens (including phenoxy) is 1. The number of aldehydes is 1. The van der Waals surface area contributed by atoms with E-state index in [1.165, 1.54) is 10.4 Å². The fourth-order valence-corrected chi connectivity index (χ4v) is 10.0. The van der Waals surface area contributed by atoms with E-state index in [1.54, 1.807) is 0 Å². The van der Waals surface area contributed by atoms with Crippen LogP contribution in [0.2, 0.25) is 5.04 Å². The van der Waals surface area contributed by atoms with Gasteiger partial charge in [-0.1, -0.05) is 153 Å². The van der Waals surface area contributed by atoms with Crippen LogP contribution in [0.15, 0.2) is 107 Å². The molecule has 4 nitrogen and oxygen atoms in total. The maximum absolute atomic E-state index is 12.3. The molecule has 0 saturated heterocycles. The highest BCUT2D eigenvalue weighted by Gasteiger charge is 2.51. The maximum Gasteiger partial charge on any atom is 0.306 e. The predicted octanol–water partition coefficient (Wildman–Crippen LogP) is 8.41. The van der Waals surface area contributed by atoms with Crippen molar-refractivity contribution in [3.05, 3.63) is 107 Å². The van der Waals surface area contributed by atoms with E-state index in [2.05, 4.69) is 141 Å². The maximum atomic E-state index is 12.3. The Hall–Kier alpha value is -2.55. The van der Waals surface area contributed by atoms with E-state index in [0.717, 1.165) is 25.7 Å². The van der Waals surface area contributed by atoms with Crippen LogP contribution in [0.3, 0.4) is 0 Å². The van der Waals surface area contributed by atoms with Gasteiger partial charge >= 0.3 is 5.97 Å². The quantitative estimate of drug-likeness (QED) is 0.0392. The molecule has 2 aromatic rings. The molecule has 0 bridgehead atoms. The van der Waals surface area contributed by atoms with Gasteiger partial charge in [-0.3, -0.25) is 9.59 Å². The molecule has 6 heteroatoms. The van der Waals surface area contributed by atoms with Crippen LogP contribution in [-0.2, 0) is 18.8 Å². The van der Waals surface area contributed by atoms with Crippen molar-refractivity contribution >= 4 is 53.5 Å². The van der Waals surface area contributed by atoms with Crippen LogP contribution in [-0.4, -0.2) is 32.8 Å². The number of allylic oxidation sites excluding steroid dienone is 4. The molecule has 0 aliphatic carbocycles. The van der Waals surface area contributed by atoms with Crippen molar-refractivity contribution in [2.45, 2.75) is 89.9 Å². The number of halogens is 1. The number of unbranched alkanes of at least 4 members (excludes halogenated alkanes) is 1. The van der Waals surface area contributed by atoms with E-state index < -0.39 is 14.4 Å². The minimum atomic E-state index is -2.66. The normalized spacial score (nSPS) is 14.2. The zero-order valence-electron chi connectivity index (χ0n) is 25.6.